The van der Waals surface area contributed by atoms with Crippen molar-refractivity contribution >= 4 is 17.7 Å². The molecule has 0 radical (unpaired) electrons. The van der Waals surface area contributed by atoms with Crippen molar-refractivity contribution < 1.29 is 9.90 Å². The molecule has 0 aromatic heterocycles. The molecule has 3 nitrogen and oxygen atoms in total. The van der Waals surface area contributed by atoms with Crippen molar-refractivity contribution in [2.75, 3.05) is 12.3 Å². The fourth-order valence-electron chi connectivity index (χ4n) is 0.802. The molecule has 0 heterocycles. The van der Waals surface area contributed by atoms with Crippen molar-refractivity contribution in [2.24, 2.45) is 0 Å². The summed E-state index contributed by atoms with van der Waals surface area (Å²) in [5, 5.41) is 12.1. The van der Waals surface area contributed by atoms with E-state index in [0.29, 0.717) is 5.75 Å². The normalized spacial score (nSPS) is 14.9. The molecular formula is C10H21NO2S. The van der Waals surface area contributed by atoms with E-state index in [0.717, 1.165) is 19.4 Å². The largest absolute Gasteiger partial charge is 0.392 e. The van der Waals surface area contributed by atoms with Gasteiger partial charge < -0.3 is 10.4 Å². The van der Waals surface area contributed by atoms with E-state index in [1.54, 1.807) is 6.92 Å². The molecule has 0 saturated carbocycles. The summed E-state index contributed by atoms with van der Waals surface area (Å²) in [5.41, 5.74) is 0. The number of rotatable bonds is 7. The third-order valence-corrected chi connectivity index (χ3v) is 3.36. The molecule has 2 N–H and O–H groups in total. The zero-order valence-electron chi connectivity index (χ0n) is 9.25. The minimum absolute atomic E-state index is 0.0657. The molecule has 1 amide bonds. The molecule has 84 valence electrons. The average Bonchev–Trinajstić information content (AvgIpc) is 2.14. The molecular weight excluding hydrogens is 198 g/mol. The van der Waals surface area contributed by atoms with Gasteiger partial charge in [0.05, 0.1) is 11.9 Å². The van der Waals surface area contributed by atoms with Crippen LogP contribution < -0.4 is 5.32 Å². The zero-order chi connectivity index (χ0) is 11.0. The van der Waals surface area contributed by atoms with Crippen molar-refractivity contribution in [1.29, 1.82) is 0 Å². The molecule has 0 aromatic carbocycles. The number of hydrogen-bond donors (Lipinski definition) is 2. The molecule has 0 fully saturated rings. The van der Waals surface area contributed by atoms with Gasteiger partial charge in [0.25, 0.3) is 0 Å². The lowest BCUT2D eigenvalue weighted by Crippen LogP contribution is -2.28. The number of carbonyl (C=O) groups excluding carboxylic acids is 1. The van der Waals surface area contributed by atoms with E-state index in [1.165, 1.54) is 11.8 Å². The summed E-state index contributed by atoms with van der Waals surface area (Å²) in [4.78, 5) is 11.2. The van der Waals surface area contributed by atoms with Crippen LogP contribution in [0.2, 0.25) is 0 Å². The maximum atomic E-state index is 11.2. The first-order valence-corrected chi connectivity index (χ1v) is 6.19. The molecule has 0 bridgehead atoms. The number of nitrogens with one attached hydrogen (secondary N) is 1. The molecule has 14 heavy (non-hydrogen) atoms. The van der Waals surface area contributed by atoms with E-state index in [2.05, 4.69) is 12.2 Å². The van der Waals surface area contributed by atoms with Gasteiger partial charge in [-0.2, -0.15) is 0 Å². The van der Waals surface area contributed by atoms with Crippen molar-refractivity contribution in [3.8, 4) is 0 Å². The number of aliphatic hydroxyl groups is 1. The number of hydrogen-bond acceptors (Lipinski definition) is 3. The molecule has 0 aliphatic heterocycles. The minimum Gasteiger partial charge on any atom is -0.392 e. The van der Waals surface area contributed by atoms with E-state index < -0.39 is 0 Å². The molecule has 2 unspecified atom stereocenters. The Kier molecular flexibility index (Phi) is 7.99. The highest BCUT2D eigenvalue weighted by molar-refractivity contribution is 8.00. The van der Waals surface area contributed by atoms with Gasteiger partial charge in [-0.1, -0.05) is 20.3 Å². The Balaban J connectivity index is 3.44. The van der Waals surface area contributed by atoms with Crippen LogP contribution in [0, 0.1) is 0 Å². The van der Waals surface area contributed by atoms with Crippen LogP contribution in [0.1, 0.15) is 33.6 Å². The van der Waals surface area contributed by atoms with Crippen molar-refractivity contribution in [1.82, 2.24) is 5.32 Å². The number of thioether (sulfide) groups is 1. The number of amides is 1. The van der Waals surface area contributed by atoms with Crippen molar-refractivity contribution in [2.45, 2.75) is 45.0 Å². The summed E-state index contributed by atoms with van der Waals surface area (Å²) in [5.74, 6) is 0.506. The van der Waals surface area contributed by atoms with Crippen LogP contribution >= 0.6 is 11.8 Å². The van der Waals surface area contributed by atoms with Crippen LogP contribution in [-0.2, 0) is 4.79 Å². The van der Waals surface area contributed by atoms with Gasteiger partial charge in [0, 0.05) is 11.8 Å². The molecule has 0 spiro atoms. The van der Waals surface area contributed by atoms with Gasteiger partial charge in [-0.25, -0.2) is 0 Å². The molecule has 0 aliphatic rings. The minimum atomic E-state index is -0.358. The lowest BCUT2D eigenvalue weighted by atomic mass is 10.3. The third-order valence-electron chi connectivity index (χ3n) is 2.01. The maximum absolute atomic E-state index is 11.2. The lowest BCUT2D eigenvalue weighted by molar-refractivity contribution is -0.118. The highest BCUT2D eigenvalue weighted by Gasteiger charge is 2.10. The number of carbonyl (C=O) groups is 1. The summed E-state index contributed by atoms with van der Waals surface area (Å²) in [6.45, 7) is 6.52. The molecule has 2 atom stereocenters. The Hall–Kier alpha value is -0.220. The lowest BCUT2D eigenvalue weighted by Gasteiger charge is -2.13. The fraction of sp³-hybridized carbons (Fsp3) is 0.900. The summed E-state index contributed by atoms with van der Waals surface area (Å²) < 4.78 is 0. The van der Waals surface area contributed by atoms with E-state index in [1.807, 2.05) is 6.92 Å². The predicted octanol–water partition coefficient (Wildman–Crippen LogP) is 1.41. The zero-order valence-corrected chi connectivity index (χ0v) is 10.1. The van der Waals surface area contributed by atoms with Crippen LogP contribution in [0.4, 0.5) is 0 Å². The Morgan fingerprint density at radius 2 is 2.14 bits per heavy atom. The van der Waals surface area contributed by atoms with Crippen LogP contribution in [-0.4, -0.2) is 34.7 Å². The second-order valence-electron chi connectivity index (χ2n) is 3.46. The van der Waals surface area contributed by atoms with Crippen LogP contribution in [0.15, 0.2) is 0 Å². The van der Waals surface area contributed by atoms with E-state index >= 15 is 0 Å². The average molecular weight is 219 g/mol. The highest BCUT2D eigenvalue weighted by atomic mass is 32.2. The topological polar surface area (TPSA) is 49.3 Å². The Morgan fingerprint density at radius 3 is 2.64 bits per heavy atom. The van der Waals surface area contributed by atoms with Gasteiger partial charge in [0.2, 0.25) is 5.91 Å². The Morgan fingerprint density at radius 1 is 1.50 bits per heavy atom. The number of aliphatic hydroxyl groups excluding tert-OH is 1. The summed E-state index contributed by atoms with van der Waals surface area (Å²) in [6.07, 6.45) is 1.77. The number of unbranched alkanes of at least 4 members (excludes halogenated alkanes) is 1. The summed E-state index contributed by atoms with van der Waals surface area (Å²) in [6, 6.07) is 0. The smallest absolute Gasteiger partial charge is 0.230 e. The molecule has 0 saturated heterocycles. The molecule has 0 aliphatic carbocycles. The Labute approximate surface area is 90.7 Å². The summed E-state index contributed by atoms with van der Waals surface area (Å²) in [7, 11) is 0. The molecule has 0 aromatic rings. The van der Waals surface area contributed by atoms with Crippen LogP contribution in [0.3, 0.4) is 0 Å². The molecule has 4 heteroatoms. The fourth-order valence-corrected chi connectivity index (χ4v) is 1.60. The maximum Gasteiger partial charge on any atom is 0.230 e. The first-order chi connectivity index (χ1) is 6.57. The summed E-state index contributed by atoms with van der Waals surface area (Å²) >= 11 is 1.49. The van der Waals surface area contributed by atoms with Gasteiger partial charge in [-0.05, 0) is 13.3 Å². The molecule has 0 rings (SSSR count). The van der Waals surface area contributed by atoms with Gasteiger partial charge in [0.15, 0.2) is 0 Å². The highest BCUT2D eigenvalue weighted by Crippen LogP contribution is 2.13. The van der Waals surface area contributed by atoms with Crippen molar-refractivity contribution in [3.05, 3.63) is 0 Å². The second kappa shape index (κ2) is 8.12. The first-order valence-electron chi connectivity index (χ1n) is 5.14. The standard InChI is InChI=1S/C10H21NO2S/c1-4-5-6-11-10(13)7-14-9(3)8(2)12/h8-9,12H,4-7H2,1-3H3,(H,11,13). The van der Waals surface area contributed by atoms with Gasteiger partial charge in [0.1, 0.15) is 0 Å². The van der Waals surface area contributed by atoms with Gasteiger partial charge in [-0.15, -0.1) is 11.8 Å². The predicted molar refractivity (Wildman–Crippen MR) is 61.5 cm³/mol. The quantitative estimate of drug-likeness (QED) is 0.636. The SMILES string of the molecule is CCCCNC(=O)CSC(C)C(C)O. The van der Waals surface area contributed by atoms with E-state index in [-0.39, 0.29) is 17.3 Å². The van der Waals surface area contributed by atoms with E-state index in [9.17, 15) is 9.90 Å². The van der Waals surface area contributed by atoms with Gasteiger partial charge in [-0.3, -0.25) is 4.79 Å². The first kappa shape index (κ1) is 13.8. The van der Waals surface area contributed by atoms with Crippen LogP contribution in [0.25, 0.3) is 0 Å². The van der Waals surface area contributed by atoms with Gasteiger partial charge >= 0.3 is 0 Å². The third kappa shape index (κ3) is 7.21. The van der Waals surface area contributed by atoms with Crippen LogP contribution in [0.5, 0.6) is 0 Å². The van der Waals surface area contributed by atoms with Crippen molar-refractivity contribution in [3.63, 3.8) is 0 Å². The Bertz CT molecular complexity index is 162. The monoisotopic (exact) mass is 219 g/mol. The second-order valence-corrected chi connectivity index (χ2v) is 4.83. The van der Waals surface area contributed by atoms with E-state index in [4.69, 9.17) is 0 Å².